The Labute approximate surface area is 186 Å². The predicted molar refractivity (Wildman–Crippen MR) is 119 cm³/mol. The second-order valence-electron chi connectivity index (χ2n) is 7.54. The summed E-state index contributed by atoms with van der Waals surface area (Å²) in [6.45, 7) is 7.93. The minimum atomic E-state index is -0.556. The van der Waals surface area contributed by atoms with Crippen LogP contribution in [0.1, 0.15) is 38.3 Å². The van der Waals surface area contributed by atoms with Crippen molar-refractivity contribution in [1.82, 2.24) is 15.3 Å². The molecule has 0 spiro atoms. The van der Waals surface area contributed by atoms with Crippen LogP contribution in [0, 0.1) is 0 Å². The van der Waals surface area contributed by atoms with E-state index in [1.165, 1.54) is 0 Å². The van der Waals surface area contributed by atoms with Crippen molar-refractivity contribution in [3.63, 3.8) is 0 Å². The number of hydrogen-bond donors (Lipinski definition) is 2. The smallest absolute Gasteiger partial charge is 0.407 e. The van der Waals surface area contributed by atoms with Crippen LogP contribution < -0.4 is 10.6 Å². The summed E-state index contributed by atoms with van der Waals surface area (Å²) in [5.41, 5.74) is 0.537. The predicted octanol–water partition coefficient (Wildman–Crippen LogP) is 5.77. The van der Waals surface area contributed by atoms with Crippen LogP contribution in [0.3, 0.4) is 0 Å². The molecule has 29 heavy (non-hydrogen) atoms. The van der Waals surface area contributed by atoms with Crippen molar-refractivity contribution in [3.05, 3.63) is 37.9 Å². The first kappa shape index (κ1) is 21.9. The summed E-state index contributed by atoms with van der Waals surface area (Å²) in [5, 5.41) is 8.20. The molecule has 156 valence electrons. The lowest BCUT2D eigenvalue weighted by molar-refractivity contribution is 0.0507. The van der Waals surface area contributed by atoms with E-state index in [0.29, 0.717) is 40.1 Å². The van der Waals surface area contributed by atoms with Gasteiger partial charge in [0.1, 0.15) is 16.9 Å². The number of hydrogen-bond acceptors (Lipinski definition) is 7. The van der Waals surface area contributed by atoms with Gasteiger partial charge in [-0.3, -0.25) is 0 Å². The van der Waals surface area contributed by atoms with Gasteiger partial charge in [0.15, 0.2) is 11.4 Å². The number of carbonyl (C=O) groups excluding carboxylic acids is 1. The molecule has 0 fully saturated rings. The monoisotopic (exact) mass is 500 g/mol. The largest absolute Gasteiger partial charge is 0.454 e. The maximum Gasteiger partial charge on any atom is 0.407 e. The normalized spacial score (nSPS) is 12.8. The van der Waals surface area contributed by atoms with E-state index in [1.54, 1.807) is 11.3 Å². The number of alkyl carbamates (subject to hydrolysis) is 1. The van der Waals surface area contributed by atoms with Gasteiger partial charge in [0.25, 0.3) is 0 Å². The van der Waals surface area contributed by atoms with E-state index in [-0.39, 0.29) is 11.3 Å². The van der Waals surface area contributed by atoms with Crippen LogP contribution in [-0.4, -0.2) is 27.7 Å². The van der Waals surface area contributed by atoms with E-state index in [9.17, 15) is 4.79 Å². The molecule has 0 aliphatic rings. The fourth-order valence-corrected chi connectivity index (χ4v) is 3.97. The Bertz CT molecular complexity index is 1000. The first-order valence-corrected chi connectivity index (χ1v) is 11.1. The Hall–Kier alpha value is -1.84. The number of furan rings is 1. The van der Waals surface area contributed by atoms with E-state index in [4.69, 9.17) is 20.8 Å². The highest BCUT2D eigenvalue weighted by Gasteiger charge is 2.22. The summed E-state index contributed by atoms with van der Waals surface area (Å²) in [6, 6.07) is 3.81. The number of ether oxygens (including phenoxy) is 1. The summed E-state index contributed by atoms with van der Waals surface area (Å²) < 4.78 is 12.0. The number of anilines is 1. The maximum absolute atomic E-state index is 12.0. The molecule has 7 nitrogen and oxygen atoms in total. The van der Waals surface area contributed by atoms with Gasteiger partial charge in [-0.2, -0.15) is 4.98 Å². The molecule has 3 heterocycles. The van der Waals surface area contributed by atoms with Crippen molar-refractivity contribution in [3.8, 4) is 0 Å². The Morgan fingerprint density at radius 3 is 2.83 bits per heavy atom. The Morgan fingerprint density at radius 2 is 2.17 bits per heavy atom. The lowest BCUT2D eigenvalue weighted by atomic mass is 10.2. The number of aromatic nitrogens is 2. The number of carbonyl (C=O) groups is 1. The molecule has 0 aliphatic heterocycles. The van der Waals surface area contributed by atoms with Crippen molar-refractivity contribution in [2.75, 3.05) is 5.32 Å². The minimum Gasteiger partial charge on any atom is -0.454 e. The van der Waals surface area contributed by atoms with Crippen molar-refractivity contribution < 1.29 is 13.9 Å². The maximum atomic E-state index is 12.0. The zero-order chi connectivity index (χ0) is 21.2. The molecule has 2 N–H and O–H groups in total. The molecule has 0 bridgehead atoms. The van der Waals surface area contributed by atoms with Crippen molar-refractivity contribution in [2.45, 2.75) is 52.3 Å². The molecule has 0 aromatic carbocycles. The average Bonchev–Trinajstić information content (AvgIpc) is 3.21. The first-order valence-electron chi connectivity index (χ1n) is 9.02. The van der Waals surface area contributed by atoms with E-state index >= 15 is 0 Å². The van der Waals surface area contributed by atoms with Gasteiger partial charge in [0, 0.05) is 17.3 Å². The minimum absolute atomic E-state index is 0.124. The van der Waals surface area contributed by atoms with Crippen molar-refractivity contribution >= 4 is 61.9 Å². The Kier molecular flexibility index (Phi) is 6.70. The zero-order valence-corrected chi connectivity index (χ0v) is 19.7. The molecule has 3 aromatic heterocycles. The van der Waals surface area contributed by atoms with Gasteiger partial charge in [-0.15, -0.1) is 11.3 Å². The molecule has 0 radical (unpaired) electrons. The van der Waals surface area contributed by atoms with Crippen molar-refractivity contribution in [2.24, 2.45) is 0 Å². The fourth-order valence-electron chi connectivity index (χ4n) is 2.64. The van der Waals surface area contributed by atoms with E-state index in [0.717, 1.165) is 4.88 Å². The molecule has 1 amide bonds. The van der Waals surface area contributed by atoms with Gasteiger partial charge in [-0.1, -0.05) is 6.07 Å². The number of halogens is 2. The average molecular weight is 502 g/mol. The standard InChI is InChI=1S/C19H22BrClN4O3S/c1-10(23-18(26)28-19(2,3)4)8-12-13(20)14-15(27-12)16(25-17(21)24-14)22-9-11-6-5-7-29-11/h5-7,10H,8-9H2,1-4H3,(H,23,26)(H,22,24,25)/t10-/m0/s1. The highest BCUT2D eigenvalue weighted by Crippen LogP contribution is 2.35. The molecular weight excluding hydrogens is 480 g/mol. The number of rotatable bonds is 6. The molecule has 0 saturated heterocycles. The van der Waals surface area contributed by atoms with Crippen LogP contribution in [-0.2, 0) is 17.7 Å². The van der Waals surface area contributed by atoms with Crippen LogP contribution in [0.2, 0.25) is 5.28 Å². The summed E-state index contributed by atoms with van der Waals surface area (Å²) in [5.74, 6) is 1.16. The van der Waals surface area contributed by atoms with E-state index < -0.39 is 11.7 Å². The van der Waals surface area contributed by atoms with Gasteiger partial charge in [0.2, 0.25) is 5.28 Å². The third-order valence-electron chi connectivity index (χ3n) is 3.78. The lowest BCUT2D eigenvalue weighted by Crippen LogP contribution is -2.38. The molecule has 3 rings (SSSR count). The number of fused-ring (bicyclic) bond motifs is 1. The molecule has 0 unspecified atom stereocenters. The highest BCUT2D eigenvalue weighted by molar-refractivity contribution is 9.10. The van der Waals surface area contributed by atoms with Gasteiger partial charge in [0.05, 0.1) is 11.0 Å². The Balaban J connectivity index is 1.77. The number of nitrogens with zero attached hydrogens (tertiary/aromatic N) is 2. The number of nitrogens with one attached hydrogen (secondary N) is 2. The molecule has 10 heteroatoms. The fraction of sp³-hybridized carbons (Fsp3) is 0.421. The molecule has 0 saturated carbocycles. The highest BCUT2D eigenvalue weighted by atomic mass is 79.9. The van der Waals surface area contributed by atoms with Crippen LogP contribution >= 0.6 is 38.9 Å². The van der Waals surface area contributed by atoms with Gasteiger partial charge in [-0.25, -0.2) is 9.78 Å². The number of thiophene rings is 1. The molecule has 0 aliphatic carbocycles. The van der Waals surface area contributed by atoms with Gasteiger partial charge in [-0.05, 0) is 66.7 Å². The second kappa shape index (κ2) is 8.89. The van der Waals surface area contributed by atoms with Gasteiger partial charge >= 0.3 is 6.09 Å². The van der Waals surface area contributed by atoms with Crippen LogP contribution in [0.15, 0.2) is 26.4 Å². The second-order valence-corrected chi connectivity index (χ2v) is 9.71. The van der Waals surface area contributed by atoms with E-state index in [2.05, 4.69) is 36.5 Å². The zero-order valence-electron chi connectivity index (χ0n) is 16.5. The quantitative estimate of drug-likeness (QED) is 0.417. The molecule has 1 atom stereocenters. The first-order chi connectivity index (χ1) is 13.6. The lowest BCUT2D eigenvalue weighted by Gasteiger charge is -2.21. The summed E-state index contributed by atoms with van der Waals surface area (Å²) in [6.07, 6.45) is -0.0311. The SMILES string of the molecule is C[C@@H](Cc1oc2c(NCc3cccs3)nc(Cl)nc2c1Br)NC(=O)OC(C)(C)C. The number of amides is 1. The summed E-state index contributed by atoms with van der Waals surface area (Å²) in [4.78, 5) is 21.7. The Morgan fingerprint density at radius 1 is 1.41 bits per heavy atom. The van der Waals surface area contributed by atoms with Gasteiger partial charge < -0.3 is 19.8 Å². The van der Waals surface area contributed by atoms with E-state index in [1.807, 2.05) is 45.2 Å². The van der Waals surface area contributed by atoms with Crippen LogP contribution in [0.25, 0.3) is 11.1 Å². The van der Waals surface area contributed by atoms with Crippen molar-refractivity contribution in [1.29, 1.82) is 0 Å². The summed E-state index contributed by atoms with van der Waals surface area (Å²) in [7, 11) is 0. The van der Waals surface area contributed by atoms with Crippen LogP contribution in [0.4, 0.5) is 10.6 Å². The molecular formula is C19H22BrClN4O3S. The third kappa shape index (κ3) is 5.83. The topological polar surface area (TPSA) is 89.3 Å². The van der Waals surface area contributed by atoms with Crippen LogP contribution in [0.5, 0.6) is 0 Å². The molecule has 3 aromatic rings. The third-order valence-corrected chi connectivity index (χ3v) is 5.64. The summed E-state index contributed by atoms with van der Waals surface area (Å²) >= 11 is 11.3.